The van der Waals surface area contributed by atoms with Crippen LogP contribution in [0.5, 0.6) is 0 Å². The molecule has 3 N–H and O–H groups in total. The van der Waals surface area contributed by atoms with Crippen LogP contribution >= 0.6 is 0 Å². The number of carbonyl (C=O) groups is 3. The van der Waals surface area contributed by atoms with Crippen LogP contribution in [0.4, 0.5) is 0 Å². The fourth-order valence-corrected chi connectivity index (χ4v) is 4.90. The summed E-state index contributed by atoms with van der Waals surface area (Å²) in [6.45, 7) is 7.27. The molecule has 0 aliphatic carbocycles. The van der Waals surface area contributed by atoms with Crippen LogP contribution in [0.25, 0.3) is 0 Å². The van der Waals surface area contributed by atoms with E-state index in [2.05, 4.69) is 23.8 Å². The molecule has 226 valence electrons. The van der Waals surface area contributed by atoms with Gasteiger partial charge in [0, 0.05) is 6.42 Å². The number of allylic oxidation sites excluding steroid dienone is 2. The van der Waals surface area contributed by atoms with Crippen LogP contribution in [0.3, 0.4) is 0 Å². The third kappa shape index (κ3) is 11.4. The standard InChI is InChI=1S/C36H42N2O5/c1-3-14-30(24-34(40)37-32(25-39)23-28-18-10-6-11-19-28)35(41)38-33(29-20-12-7-13-21-29)26-43-36(42)31(15-4-2)22-27-16-8-5-9-17-27/h3-13,16-21,30-33,39H,1-2,14-15,22-26H2,(H,37,40)(H,38,41)/t30-,31+,32-,33+/m0/s1. The molecule has 4 atom stereocenters. The molecule has 0 heterocycles. The van der Waals surface area contributed by atoms with Crippen LogP contribution in [-0.4, -0.2) is 42.1 Å². The largest absolute Gasteiger partial charge is 0.463 e. The maximum absolute atomic E-state index is 13.5. The van der Waals surface area contributed by atoms with Gasteiger partial charge >= 0.3 is 5.97 Å². The van der Waals surface area contributed by atoms with E-state index < -0.39 is 23.9 Å². The highest BCUT2D eigenvalue weighted by Crippen LogP contribution is 2.20. The third-order valence-electron chi connectivity index (χ3n) is 7.18. The van der Waals surface area contributed by atoms with Crippen molar-refractivity contribution in [1.82, 2.24) is 10.6 Å². The van der Waals surface area contributed by atoms with Gasteiger partial charge in [0.1, 0.15) is 6.61 Å². The van der Waals surface area contributed by atoms with Gasteiger partial charge in [0.2, 0.25) is 11.8 Å². The first kappa shape index (κ1) is 33.0. The molecule has 0 unspecified atom stereocenters. The van der Waals surface area contributed by atoms with Crippen LogP contribution in [0.1, 0.15) is 42.0 Å². The van der Waals surface area contributed by atoms with E-state index in [1.54, 1.807) is 12.2 Å². The molecule has 0 radical (unpaired) electrons. The Bertz CT molecular complexity index is 1300. The highest BCUT2D eigenvalue weighted by atomic mass is 16.5. The number of esters is 1. The van der Waals surface area contributed by atoms with Crippen molar-refractivity contribution in [2.24, 2.45) is 11.8 Å². The molecule has 0 fully saturated rings. The van der Waals surface area contributed by atoms with Crippen LogP contribution in [0.15, 0.2) is 116 Å². The lowest BCUT2D eigenvalue weighted by Crippen LogP contribution is -2.42. The molecule has 0 aromatic heterocycles. The molecule has 0 saturated heterocycles. The van der Waals surface area contributed by atoms with Crippen molar-refractivity contribution in [3.8, 4) is 0 Å². The van der Waals surface area contributed by atoms with Gasteiger partial charge in [0.05, 0.1) is 30.5 Å². The minimum atomic E-state index is -0.693. The average molecular weight is 583 g/mol. The van der Waals surface area contributed by atoms with Gasteiger partial charge in [-0.2, -0.15) is 0 Å². The first-order valence-corrected chi connectivity index (χ1v) is 14.6. The Labute approximate surface area is 254 Å². The summed E-state index contributed by atoms with van der Waals surface area (Å²) < 4.78 is 5.76. The Morgan fingerprint density at radius 3 is 1.84 bits per heavy atom. The molecule has 0 bridgehead atoms. The number of aliphatic hydroxyl groups excluding tert-OH is 1. The summed E-state index contributed by atoms with van der Waals surface area (Å²) in [4.78, 5) is 39.5. The van der Waals surface area contributed by atoms with Crippen molar-refractivity contribution >= 4 is 17.8 Å². The van der Waals surface area contributed by atoms with Crippen molar-refractivity contribution in [2.45, 2.75) is 44.2 Å². The predicted molar refractivity (Wildman–Crippen MR) is 169 cm³/mol. The smallest absolute Gasteiger partial charge is 0.309 e. The minimum Gasteiger partial charge on any atom is -0.463 e. The number of hydrogen-bond acceptors (Lipinski definition) is 5. The number of carbonyl (C=O) groups excluding carboxylic acids is 3. The number of ether oxygens (including phenoxy) is 1. The molecule has 7 nitrogen and oxygen atoms in total. The fourth-order valence-electron chi connectivity index (χ4n) is 4.90. The van der Waals surface area contributed by atoms with E-state index in [-0.39, 0.29) is 43.8 Å². The van der Waals surface area contributed by atoms with E-state index in [1.165, 1.54) is 0 Å². The zero-order valence-electron chi connectivity index (χ0n) is 24.6. The van der Waals surface area contributed by atoms with Gasteiger partial charge < -0.3 is 20.5 Å². The topological polar surface area (TPSA) is 105 Å². The minimum absolute atomic E-state index is 0.0618. The lowest BCUT2D eigenvalue weighted by atomic mass is 9.96. The number of nitrogens with one attached hydrogen (secondary N) is 2. The van der Waals surface area contributed by atoms with Gasteiger partial charge in [-0.05, 0) is 42.4 Å². The highest BCUT2D eigenvalue weighted by Gasteiger charge is 2.27. The summed E-state index contributed by atoms with van der Waals surface area (Å²) in [6.07, 6.45) is 4.96. The van der Waals surface area contributed by atoms with Gasteiger partial charge in [0.15, 0.2) is 0 Å². The summed E-state index contributed by atoms with van der Waals surface area (Å²) >= 11 is 0. The van der Waals surface area contributed by atoms with Crippen molar-refractivity contribution in [3.05, 3.63) is 133 Å². The van der Waals surface area contributed by atoms with Crippen molar-refractivity contribution in [3.63, 3.8) is 0 Å². The third-order valence-corrected chi connectivity index (χ3v) is 7.18. The van der Waals surface area contributed by atoms with Crippen molar-refractivity contribution < 1.29 is 24.2 Å². The van der Waals surface area contributed by atoms with Gasteiger partial charge in [0.25, 0.3) is 0 Å². The van der Waals surface area contributed by atoms with E-state index in [0.29, 0.717) is 19.3 Å². The molecule has 43 heavy (non-hydrogen) atoms. The Morgan fingerprint density at radius 2 is 1.28 bits per heavy atom. The molecular formula is C36H42N2O5. The Hall–Kier alpha value is -4.49. The lowest BCUT2D eigenvalue weighted by molar-refractivity contribution is -0.150. The molecule has 7 heteroatoms. The van der Waals surface area contributed by atoms with Gasteiger partial charge in [-0.15, -0.1) is 13.2 Å². The normalized spacial score (nSPS) is 13.5. The quantitative estimate of drug-likeness (QED) is 0.143. The maximum Gasteiger partial charge on any atom is 0.309 e. The van der Waals surface area contributed by atoms with Gasteiger partial charge in [-0.25, -0.2) is 0 Å². The molecule has 0 spiro atoms. The zero-order valence-corrected chi connectivity index (χ0v) is 24.6. The van der Waals surface area contributed by atoms with E-state index in [1.807, 2.05) is 91.0 Å². The predicted octanol–water partition coefficient (Wildman–Crippen LogP) is 5.12. The molecule has 3 aromatic carbocycles. The summed E-state index contributed by atoms with van der Waals surface area (Å²) in [7, 11) is 0. The number of amides is 2. The van der Waals surface area contributed by atoms with Crippen molar-refractivity contribution in [1.29, 1.82) is 0 Å². The number of hydrogen-bond donors (Lipinski definition) is 3. The van der Waals surface area contributed by atoms with Crippen LogP contribution in [0, 0.1) is 11.8 Å². The Morgan fingerprint density at radius 1 is 0.744 bits per heavy atom. The van der Waals surface area contributed by atoms with E-state index in [0.717, 1.165) is 16.7 Å². The molecule has 2 amide bonds. The van der Waals surface area contributed by atoms with E-state index in [9.17, 15) is 19.5 Å². The lowest BCUT2D eigenvalue weighted by Gasteiger charge is -2.24. The van der Waals surface area contributed by atoms with Gasteiger partial charge in [-0.1, -0.05) is 103 Å². The van der Waals surface area contributed by atoms with Crippen LogP contribution in [-0.2, 0) is 32.0 Å². The number of aliphatic hydroxyl groups is 1. The summed E-state index contributed by atoms with van der Waals surface area (Å²) in [5.41, 5.74) is 2.79. The first-order chi connectivity index (χ1) is 20.9. The fraction of sp³-hybridized carbons (Fsp3) is 0.306. The molecule has 0 aliphatic rings. The summed E-state index contributed by atoms with van der Waals surface area (Å²) in [6, 6.07) is 27.5. The first-order valence-electron chi connectivity index (χ1n) is 14.6. The van der Waals surface area contributed by atoms with Crippen LogP contribution in [0.2, 0.25) is 0 Å². The SMILES string of the molecule is C=CC[C@@H](CC(=O)N[C@H](CO)Cc1ccccc1)C(=O)N[C@H](COC(=O)[C@H](CC=C)Cc1ccccc1)c1ccccc1. The molecule has 3 rings (SSSR count). The average Bonchev–Trinajstić information content (AvgIpc) is 3.03. The second-order valence-corrected chi connectivity index (χ2v) is 10.6. The maximum atomic E-state index is 13.5. The second kappa shape index (κ2) is 18.1. The monoisotopic (exact) mass is 582 g/mol. The molecule has 0 aliphatic heterocycles. The second-order valence-electron chi connectivity index (χ2n) is 10.6. The molecular weight excluding hydrogens is 540 g/mol. The Kier molecular flexibility index (Phi) is 13.9. The van der Waals surface area contributed by atoms with Gasteiger partial charge in [-0.3, -0.25) is 14.4 Å². The highest BCUT2D eigenvalue weighted by molar-refractivity contribution is 5.86. The Balaban J connectivity index is 1.65. The van der Waals surface area contributed by atoms with E-state index in [4.69, 9.17) is 4.74 Å². The molecule has 0 saturated carbocycles. The van der Waals surface area contributed by atoms with Crippen LogP contribution < -0.4 is 10.6 Å². The van der Waals surface area contributed by atoms with Crippen molar-refractivity contribution in [2.75, 3.05) is 13.2 Å². The number of rotatable bonds is 18. The summed E-state index contributed by atoms with van der Waals surface area (Å²) in [5, 5.41) is 15.7. The summed E-state index contributed by atoms with van der Waals surface area (Å²) in [5.74, 6) is -2.15. The number of benzene rings is 3. The molecule has 3 aromatic rings. The zero-order chi connectivity index (χ0) is 30.9. The van der Waals surface area contributed by atoms with E-state index >= 15 is 0 Å².